The Hall–Kier alpha value is -3.44. The highest BCUT2D eigenvalue weighted by Crippen LogP contribution is 2.57. The zero-order valence-corrected chi connectivity index (χ0v) is 16.7. The largest absolute Gasteiger partial charge is 0.364 e. The SMILES string of the molecule is COCN1C(=O)C2(c3ccccc31)C(c1ccccc1)CC(=O)N2c1ccccc1. The van der Waals surface area contributed by atoms with Gasteiger partial charge in [0, 0.05) is 30.7 Å². The van der Waals surface area contributed by atoms with Crippen LogP contribution in [0.2, 0.25) is 0 Å². The summed E-state index contributed by atoms with van der Waals surface area (Å²) in [5, 5.41) is 0. The minimum atomic E-state index is -1.14. The molecule has 1 spiro atoms. The number of carbonyl (C=O) groups is 2. The van der Waals surface area contributed by atoms with Gasteiger partial charge in [-0.05, 0) is 23.8 Å². The summed E-state index contributed by atoms with van der Waals surface area (Å²) >= 11 is 0. The van der Waals surface area contributed by atoms with Gasteiger partial charge in [-0.2, -0.15) is 0 Å². The number of anilines is 2. The summed E-state index contributed by atoms with van der Waals surface area (Å²) in [6.07, 6.45) is 0.264. The lowest BCUT2D eigenvalue weighted by molar-refractivity contribution is -0.126. The second-order valence-corrected chi connectivity index (χ2v) is 7.67. The zero-order chi connectivity index (χ0) is 20.7. The van der Waals surface area contributed by atoms with E-state index in [1.165, 1.54) is 0 Å². The molecule has 2 aliphatic rings. The summed E-state index contributed by atoms with van der Waals surface area (Å²) < 4.78 is 5.37. The Labute approximate surface area is 175 Å². The van der Waals surface area contributed by atoms with Crippen LogP contribution in [0.4, 0.5) is 11.4 Å². The predicted molar refractivity (Wildman–Crippen MR) is 115 cm³/mol. The van der Waals surface area contributed by atoms with Gasteiger partial charge in [-0.15, -0.1) is 0 Å². The lowest BCUT2D eigenvalue weighted by Crippen LogP contribution is -2.53. The summed E-state index contributed by atoms with van der Waals surface area (Å²) in [5.41, 5.74) is 2.20. The second-order valence-electron chi connectivity index (χ2n) is 7.67. The van der Waals surface area contributed by atoms with Crippen molar-refractivity contribution in [3.63, 3.8) is 0 Å². The van der Waals surface area contributed by atoms with Gasteiger partial charge in [0.2, 0.25) is 5.91 Å². The first-order valence-corrected chi connectivity index (χ1v) is 10.0. The van der Waals surface area contributed by atoms with Crippen molar-refractivity contribution in [2.75, 3.05) is 23.6 Å². The van der Waals surface area contributed by atoms with E-state index < -0.39 is 5.54 Å². The minimum Gasteiger partial charge on any atom is -0.364 e. The van der Waals surface area contributed by atoms with E-state index in [-0.39, 0.29) is 30.9 Å². The molecule has 2 aliphatic heterocycles. The van der Waals surface area contributed by atoms with Gasteiger partial charge in [-0.3, -0.25) is 19.4 Å². The number of rotatable bonds is 4. The third-order valence-electron chi connectivity index (χ3n) is 6.14. The maximum absolute atomic E-state index is 14.1. The van der Waals surface area contributed by atoms with Gasteiger partial charge in [-0.1, -0.05) is 66.7 Å². The summed E-state index contributed by atoms with van der Waals surface area (Å²) in [6.45, 7) is 0.135. The van der Waals surface area contributed by atoms with Crippen molar-refractivity contribution >= 4 is 23.2 Å². The fourth-order valence-electron chi connectivity index (χ4n) is 5.01. The van der Waals surface area contributed by atoms with Gasteiger partial charge < -0.3 is 4.74 Å². The number of nitrogens with zero attached hydrogens (tertiary/aromatic N) is 2. The van der Waals surface area contributed by atoms with E-state index >= 15 is 0 Å². The molecule has 1 fully saturated rings. The van der Waals surface area contributed by atoms with Crippen LogP contribution in [0.5, 0.6) is 0 Å². The maximum Gasteiger partial charge on any atom is 0.260 e. The standard InChI is InChI=1S/C25H22N2O3/c1-30-17-26-22-15-9-8-14-20(22)25(24(26)29)21(18-10-4-2-5-11-18)16-23(28)27(25)19-12-6-3-7-13-19/h2-15,21H,16-17H2,1H3. The average Bonchev–Trinajstić information content (AvgIpc) is 3.23. The smallest absolute Gasteiger partial charge is 0.260 e. The van der Waals surface area contributed by atoms with Gasteiger partial charge in [0.1, 0.15) is 6.73 Å². The molecule has 5 nitrogen and oxygen atoms in total. The third-order valence-corrected chi connectivity index (χ3v) is 6.14. The van der Waals surface area contributed by atoms with Crippen molar-refractivity contribution in [2.24, 2.45) is 0 Å². The number of methoxy groups -OCH3 is 1. The molecule has 0 bridgehead atoms. The van der Waals surface area contributed by atoms with Gasteiger partial charge >= 0.3 is 0 Å². The van der Waals surface area contributed by atoms with Crippen molar-refractivity contribution in [3.05, 3.63) is 96.1 Å². The molecule has 0 aromatic heterocycles. The Morgan fingerprint density at radius 3 is 2.23 bits per heavy atom. The van der Waals surface area contributed by atoms with Crippen LogP contribution in [-0.4, -0.2) is 25.7 Å². The molecular formula is C25H22N2O3. The molecule has 150 valence electrons. The molecule has 0 saturated carbocycles. The molecule has 30 heavy (non-hydrogen) atoms. The van der Waals surface area contributed by atoms with Crippen LogP contribution in [0.1, 0.15) is 23.5 Å². The summed E-state index contributed by atoms with van der Waals surface area (Å²) in [6, 6.07) is 27.1. The molecular weight excluding hydrogens is 376 g/mol. The van der Waals surface area contributed by atoms with Crippen LogP contribution < -0.4 is 9.80 Å². The predicted octanol–water partition coefficient (Wildman–Crippen LogP) is 4.05. The summed E-state index contributed by atoms with van der Waals surface area (Å²) in [7, 11) is 1.57. The number of carbonyl (C=O) groups excluding carboxylic acids is 2. The fourth-order valence-corrected chi connectivity index (χ4v) is 5.01. The van der Waals surface area contributed by atoms with Crippen LogP contribution in [0.25, 0.3) is 0 Å². The topological polar surface area (TPSA) is 49.9 Å². The highest BCUT2D eigenvalue weighted by molar-refractivity contribution is 6.17. The first-order valence-electron chi connectivity index (χ1n) is 10.0. The van der Waals surface area contributed by atoms with E-state index in [2.05, 4.69) is 0 Å². The van der Waals surface area contributed by atoms with Crippen molar-refractivity contribution in [3.8, 4) is 0 Å². The lowest BCUT2D eigenvalue weighted by atomic mass is 9.75. The van der Waals surface area contributed by atoms with Crippen LogP contribution >= 0.6 is 0 Å². The normalized spacial score (nSPS) is 22.8. The molecule has 2 unspecified atom stereocenters. The van der Waals surface area contributed by atoms with Gasteiger partial charge in [-0.25, -0.2) is 0 Å². The van der Waals surface area contributed by atoms with E-state index in [9.17, 15) is 9.59 Å². The Morgan fingerprint density at radius 2 is 1.53 bits per heavy atom. The Balaban J connectivity index is 1.81. The summed E-state index contributed by atoms with van der Waals surface area (Å²) in [4.78, 5) is 31.0. The van der Waals surface area contributed by atoms with E-state index in [4.69, 9.17) is 4.74 Å². The first-order chi connectivity index (χ1) is 14.7. The molecule has 3 aromatic rings. The molecule has 1 saturated heterocycles. The molecule has 5 rings (SSSR count). The second kappa shape index (κ2) is 7.11. The van der Waals surface area contributed by atoms with Crippen molar-refractivity contribution in [1.29, 1.82) is 0 Å². The van der Waals surface area contributed by atoms with E-state index in [0.29, 0.717) is 0 Å². The van der Waals surface area contributed by atoms with E-state index in [1.54, 1.807) is 16.9 Å². The average molecular weight is 398 g/mol. The highest BCUT2D eigenvalue weighted by Gasteiger charge is 2.65. The zero-order valence-electron chi connectivity index (χ0n) is 16.7. The van der Waals surface area contributed by atoms with E-state index in [0.717, 1.165) is 22.5 Å². The Kier molecular flexibility index (Phi) is 4.40. The van der Waals surface area contributed by atoms with Crippen LogP contribution in [-0.2, 0) is 19.9 Å². The molecule has 5 heteroatoms. The molecule has 0 aliphatic carbocycles. The number of para-hydroxylation sites is 2. The highest BCUT2D eigenvalue weighted by atomic mass is 16.5. The molecule has 2 heterocycles. The molecule has 3 aromatic carbocycles. The quantitative estimate of drug-likeness (QED) is 0.666. The van der Waals surface area contributed by atoms with Crippen LogP contribution in [0.3, 0.4) is 0 Å². The van der Waals surface area contributed by atoms with Crippen LogP contribution in [0, 0.1) is 0 Å². The Bertz CT molecular complexity index is 1100. The van der Waals surface area contributed by atoms with Crippen molar-refractivity contribution < 1.29 is 14.3 Å². The number of amides is 2. The number of hydrogen-bond acceptors (Lipinski definition) is 3. The fraction of sp³-hybridized carbons (Fsp3) is 0.200. The van der Waals surface area contributed by atoms with Crippen LogP contribution in [0.15, 0.2) is 84.9 Å². The van der Waals surface area contributed by atoms with Crippen molar-refractivity contribution in [1.82, 2.24) is 0 Å². The number of ether oxygens (including phenoxy) is 1. The minimum absolute atomic E-state index is 0.0579. The number of fused-ring (bicyclic) bond motifs is 2. The van der Waals surface area contributed by atoms with Crippen molar-refractivity contribution in [2.45, 2.75) is 17.9 Å². The lowest BCUT2D eigenvalue weighted by Gasteiger charge is -2.38. The summed E-state index contributed by atoms with van der Waals surface area (Å²) in [5.74, 6) is -0.492. The number of hydrogen-bond donors (Lipinski definition) is 0. The molecule has 0 radical (unpaired) electrons. The third kappa shape index (κ3) is 2.45. The van der Waals surface area contributed by atoms with E-state index in [1.807, 2.05) is 84.9 Å². The molecule has 2 atom stereocenters. The molecule has 0 N–H and O–H groups in total. The number of benzene rings is 3. The maximum atomic E-state index is 14.1. The van der Waals surface area contributed by atoms with Gasteiger partial charge in [0.05, 0.1) is 5.69 Å². The molecule has 2 amide bonds. The van der Waals surface area contributed by atoms with Gasteiger partial charge in [0.15, 0.2) is 5.54 Å². The Morgan fingerprint density at radius 1 is 0.900 bits per heavy atom. The first kappa shape index (κ1) is 18.6. The van der Waals surface area contributed by atoms with Gasteiger partial charge in [0.25, 0.3) is 5.91 Å². The monoisotopic (exact) mass is 398 g/mol.